The van der Waals surface area contributed by atoms with E-state index in [2.05, 4.69) is 48.5 Å². The van der Waals surface area contributed by atoms with Crippen molar-refractivity contribution >= 4 is 43.1 Å². The molecule has 0 saturated carbocycles. The standard InChI is InChI=1S/C46H30/c1-2-14-33(15-3-1)45-41-20-8-10-22-43(41)46(44-23-11-9-21-42(44)45)34-27-25-32(26-28-34)36-29-30-40(39-19-7-6-18-37(36)39)38-24-12-16-31-13-4-5-17-35(31)38/h1-30H/i1D,2D,3D,8D,9D,10D,11D,14D,15D,20D,21D,22D,23D. The van der Waals surface area contributed by atoms with Crippen molar-refractivity contribution in [2.45, 2.75) is 0 Å². The molecule has 0 nitrogen and oxygen atoms in total. The lowest BCUT2D eigenvalue weighted by atomic mass is 9.85. The van der Waals surface area contributed by atoms with E-state index in [1.54, 1.807) is 12.1 Å². The number of rotatable bonds is 4. The smallest absolute Gasteiger partial charge is 0.0622 e. The van der Waals surface area contributed by atoms with Crippen LogP contribution >= 0.6 is 0 Å². The van der Waals surface area contributed by atoms with Crippen molar-refractivity contribution in [2.75, 3.05) is 0 Å². The van der Waals surface area contributed by atoms with Gasteiger partial charge in [0, 0.05) is 0 Å². The summed E-state index contributed by atoms with van der Waals surface area (Å²) in [7, 11) is 0. The average molecular weight is 596 g/mol. The van der Waals surface area contributed by atoms with E-state index in [-0.39, 0.29) is 32.7 Å². The third-order valence-corrected chi connectivity index (χ3v) is 8.61. The minimum atomic E-state index is -0.707. The highest BCUT2D eigenvalue weighted by molar-refractivity contribution is 6.21. The van der Waals surface area contributed by atoms with Gasteiger partial charge in [-0.2, -0.15) is 0 Å². The molecule has 0 aliphatic carbocycles. The van der Waals surface area contributed by atoms with Crippen molar-refractivity contribution in [3.8, 4) is 44.5 Å². The Morgan fingerprint density at radius 2 is 0.739 bits per heavy atom. The summed E-state index contributed by atoms with van der Waals surface area (Å²) >= 11 is 0. The minimum Gasteiger partial charge on any atom is -0.0622 e. The quantitative estimate of drug-likeness (QED) is 0.178. The van der Waals surface area contributed by atoms with Crippen LogP contribution in [0.3, 0.4) is 0 Å². The van der Waals surface area contributed by atoms with E-state index in [4.69, 9.17) is 12.3 Å². The van der Waals surface area contributed by atoms with Crippen LogP contribution in [0.15, 0.2) is 182 Å². The van der Waals surface area contributed by atoms with Crippen LogP contribution in [-0.4, -0.2) is 0 Å². The molecule has 0 unspecified atom stereocenters. The monoisotopic (exact) mass is 595 g/mol. The Bertz CT molecular complexity index is 3190. The number of fused-ring (bicyclic) bond motifs is 4. The summed E-state index contributed by atoms with van der Waals surface area (Å²) in [6, 6.07) is 25.7. The first-order chi connectivity index (χ1) is 28.2. The molecule has 9 rings (SSSR count). The zero-order chi connectivity index (χ0) is 41.8. The first-order valence-corrected chi connectivity index (χ1v) is 14.9. The lowest BCUT2D eigenvalue weighted by Gasteiger charge is -2.18. The van der Waals surface area contributed by atoms with E-state index in [0.717, 1.165) is 43.8 Å². The van der Waals surface area contributed by atoms with E-state index >= 15 is 0 Å². The largest absolute Gasteiger partial charge is 0.0629 e. The molecule has 0 bridgehead atoms. The Morgan fingerprint density at radius 3 is 1.39 bits per heavy atom. The van der Waals surface area contributed by atoms with Crippen molar-refractivity contribution in [3.05, 3.63) is 182 Å². The van der Waals surface area contributed by atoms with E-state index in [0.29, 0.717) is 5.56 Å². The molecule has 9 aromatic rings. The second-order valence-electron chi connectivity index (χ2n) is 11.1. The molecule has 0 atom stereocenters. The number of hydrogen-bond donors (Lipinski definition) is 0. The topological polar surface area (TPSA) is 0 Å². The van der Waals surface area contributed by atoms with E-state index < -0.39 is 84.1 Å². The first kappa shape index (κ1) is 16.4. The van der Waals surface area contributed by atoms with Crippen molar-refractivity contribution < 1.29 is 17.8 Å². The summed E-state index contributed by atoms with van der Waals surface area (Å²) in [5.41, 5.74) is 3.63. The van der Waals surface area contributed by atoms with Gasteiger partial charge in [0.1, 0.15) is 0 Å². The molecule has 214 valence electrons. The van der Waals surface area contributed by atoms with Gasteiger partial charge in [0.2, 0.25) is 0 Å². The normalized spacial score (nSPS) is 15.4. The molecule has 0 aromatic heterocycles. The molecule has 9 aromatic carbocycles. The van der Waals surface area contributed by atoms with Gasteiger partial charge < -0.3 is 0 Å². The van der Waals surface area contributed by atoms with Gasteiger partial charge in [-0.3, -0.25) is 0 Å². The van der Waals surface area contributed by atoms with Crippen LogP contribution in [0.1, 0.15) is 17.8 Å². The van der Waals surface area contributed by atoms with Crippen LogP contribution in [0.5, 0.6) is 0 Å². The summed E-state index contributed by atoms with van der Waals surface area (Å²) in [4.78, 5) is 0. The highest BCUT2D eigenvalue weighted by Gasteiger charge is 2.17. The maximum absolute atomic E-state index is 9.22. The summed E-state index contributed by atoms with van der Waals surface area (Å²) in [5.74, 6) is 0. The molecule has 0 heteroatoms. The van der Waals surface area contributed by atoms with Crippen molar-refractivity contribution in [2.24, 2.45) is 0 Å². The highest BCUT2D eigenvalue weighted by Crippen LogP contribution is 2.44. The Hall–Kier alpha value is -5.98. The molecule has 0 aliphatic rings. The molecule has 0 spiro atoms. The molecule has 0 radical (unpaired) electrons. The molecule has 46 heavy (non-hydrogen) atoms. The Labute approximate surface area is 287 Å². The molecule has 0 aliphatic heterocycles. The molecule has 0 amide bonds. The summed E-state index contributed by atoms with van der Waals surface area (Å²) in [6.07, 6.45) is 0. The lowest BCUT2D eigenvalue weighted by molar-refractivity contribution is 1.62. The molecular weight excluding hydrogens is 553 g/mol. The minimum absolute atomic E-state index is 0.0906. The maximum atomic E-state index is 9.22. The van der Waals surface area contributed by atoms with Gasteiger partial charge in [-0.15, -0.1) is 0 Å². The van der Waals surface area contributed by atoms with Crippen molar-refractivity contribution in [1.82, 2.24) is 0 Å². The van der Waals surface area contributed by atoms with E-state index in [9.17, 15) is 5.48 Å². The lowest BCUT2D eigenvalue weighted by Crippen LogP contribution is -1.91. The van der Waals surface area contributed by atoms with Gasteiger partial charge in [0.15, 0.2) is 0 Å². The van der Waals surface area contributed by atoms with Crippen LogP contribution in [0.4, 0.5) is 0 Å². The molecule has 0 saturated heterocycles. The summed E-state index contributed by atoms with van der Waals surface area (Å²) in [6.45, 7) is 0. The van der Waals surface area contributed by atoms with Crippen molar-refractivity contribution in [3.63, 3.8) is 0 Å². The van der Waals surface area contributed by atoms with Gasteiger partial charge in [0.05, 0.1) is 17.8 Å². The third kappa shape index (κ3) is 4.23. The van der Waals surface area contributed by atoms with Gasteiger partial charge in [-0.25, -0.2) is 0 Å². The zero-order valence-electron chi connectivity index (χ0n) is 37.3. The molecule has 0 heterocycles. The fourth-order valence-corrected chi connectivity index (χ4v) is 6.60. The van der Waals surface area contributed by atoms with Gasteiger partial charge >= 0.3 is 0 Å². The average Bonchev–Trinajstić information content (AvgIpc) is 3.26. The molecule has 0 fully saturated rings. The highest BCUT2D eigenvalue weighted by atomic mass is 14.2. The van der Waals surface area contributed by atoms with Gasteiger partial charge in [0.25, 0.3) is 0 Å². The van der Waals surface area contributed by atoms with Crippen LogP contribution in [-0.2, 0) is 0 Å². The van der Waals surface area contributed by atoms with E-state index in [1.807, 2.05) is 42.5 Å². The zero-order valence-corrected chi connectivity index (χ0v) is 24.3. The Balaban J connectivity index is 1.35. The number of benzene rings is 9. The van der Waals surface area contributed by atoms with Gasteiger partial charge in [-0.1, -0.05) is 182 Å². The van der Waals surface area contributed by atoms with Crippen molar-refractivity contribution in [1.29, 1.82) is 0 Å². The van der Waals surface area contributed by atoms with Crippen LogP contribution in [0.2, 0.25) is 0 Å². The first-order valence-electron chi connectivity index (χ1n) is 21.4. The molecule has 0 N–H and O–H groups in total. The predicted octanol–water partition coefficient (Wildman–Crippen LogP) is 13.0. The fourth-order valence-electron chi connectivity index (χ4n) is 6.60. The van der Waals surface area contributed by atoms with Gasteiger partial charge in [-0.05, 0) is 87.6 Å². The Kier molecular flexibility index (Phi) is 3.87. The maximum Gasteiger partial charge on any atom is 0.0629 e. The fraction of sp³-hybridized carbons (Fsp3) is 0. The van der Waals surface area contributed by atoms with Crippen LogP contribution in [0.25, 0.3) is 87.6 Å². The van der Waals surface area contributed by atoms with Crippen LogP contribution in [0, 0.1) is 0 Å². The predicted molar refractivity (Wildman–Crippen MR) is 198 cm³/mol. The second-order valence-corrected chi connectivity index (χ2v) is 11.1. The third-order valence-electron chi connectivity index (χ3n) is 8.61. The summed E-state index contributed by atoms with van der Waals surface area (Å²) in [5, 5.41) is 3.59. The van der Waals surface area contributed by atoms with Crippen LogP contribution < -0.4 is 0 Å². The van der Waals surface area contributed by atoms with E-state index in [1.165, 1.54) is 0 Å². The SMILES string of the molecule is [2H]c1c([2H])c([2H])c(-c2c3c([2H])c([2H])c([2H])c([2H])c3c(-c3ccc(-c4ccc(-c5cccc6ccccc56)c5ccccc45)cc3)c3c([2H])c([2H])c([2H])c([2H])c23)c([2H])c1[2H]. The molecular formula is C46H30. The number of hydrogen-bond acceptors (Lipinski definition) is 0. The second kappa shape index (κ2) is 10.9. The Morgan fingerprint density at radius 1 is 0.283 bits per heavy atom. The summed E-state index contributed by atoms with van der Waals surface area (Å²) < 4.78 is 114.